The molecule has 0 aliphatic carbocycles. The Morgan fingerprint density at radius 3 is 2.90 bits per heavy atom. The number of benzene rings is 1. The molecule has 2 aromatic rings. The van der Waals surface area contributed by atoms with Gasteiger partial charge in [0.05, 0.1) is 28.8 Å². The van der Waals surface area contributed by atoms with E-state index in [1.807, 2.05) is 25.1 Å². The van der Waals surface area contributed by atoms with Gasteiger partial charge < -0.3 is 16.0 Å². The van der Waals surface area contributed by atoms with Crippen LogP contribution in [0.2, 0.25) is 0 Å². The molecule has 3 N–H and O–H groups in total. The lowest BCUT2D eigenvalue weighted by atomic mass is 10.0. The molecule has 0 bridgehead atoms. The summed E-state index contributed by atoms with van der Waals surface area (Å²) in [6.45, 7) is 1.87. The van der Waals surface area contributed by atoms with Gasteiger partial charge in [-0.1, -0.05) is 12.5 Å². The minimum atomic E-state index is -3.25. The molecule has 0 spiro atoms. The summed E-state index contributed by atoms with van der Waals surface area (Å²) in [7, 11) is -3.25. The van der Waals surface area contributed by atoms with E-state index in [0.717, 1.165) is 11.3 Å². The third-order valence-corrected chi connectivity index (χ3v) is 7.91. The summed E-state index contributed by atoms with van der Waals surface area (Å²) in [5.41, 5.74) is 2.28. The number of nitrogens with zero attached hydrogens (tertiary/aromatic N) is 4. The van der Waals surface area contributed by atoms with Crippen LogP contribution in [0.3, 0.4) is 0 Å². The van der Waals surface area contributed by atoms with Gasteiger partial charge in [-0.05, 0) is 47.9 Å². The molecular weight excluding hydrogens is 410 g/mol. The zero-order valence-electron chi connectivity index (χ0n) is 16.4. The van der Waals surface area contributed by atoms with Crippen LogP contribution in [0.25, 0.3) is 5.69 Å². The maximum atomic E-state index is 12.4. The van der Waals surface area contributed by atoms with Crippen LogP contribution in [0.15, 0.2) is 24.5 Å². The number of urea groups is 1. The molecule has 0 radical (unpaired) electrons. The zero-order valence-corrected chi connectivity index (χ0v) is 17.2. The second-order valence-electron chi connectivity index (χ2n) is 7.62. The number of anilines is 1. The number of hydrogen-bond acceptors (Lipinski definition) is 7. The van der Waals surface area contributed by atoms with Gasteiger partial charge in [-0.3, -0.25) is 4.79 Å². The summed E-state index contributed by atoms with van der Waals surface area (Å²) in [5, 5.41) is 18.8. The van der Waals surface area contributed by atoms with E-state index >= 15 is 0 Å². The highest BCUT2D eigenvalue weighted by Gasteiger charge is 2.51. The lowest BCUT2D eigenvalue weighted by molar-refractivity contribution is -0.116. The van der Waals surface area contributed by atoms with Gasteiger partial charge in [0.15, 0.2) is 9.84 Å². The molecule has 0 saturated carbocycles. The highest BCUT2D eigenvalue weighted by Crippen LogP contribution is 2.28. The maximum Gasteiger partial charge on any atom is 0.315 e. The zero-order chi connectivity index (χ0) is 21.3. The van der Waals surface area contributed by atoms with Crippen molar-refractivity contribution < 1.29 is 18.0 Å². The maximum absolute atomic E-state index is 12.4. The van der Waals surface area contributed by atoms with Gasteiger partial charge in [0.1, 0.15) is 6.33 Å². The Labute approximate surface area is 173 Å². The molecule has 3 amide bonds. The predicted octanol–water partition coefficient (Wildman–Crippen LogP) is 0.317. The van der Waals surface area contributed by atoms with E-state index in [9.17, 15) is 18.0 Å². The molecule has 2 saturated heterocycles. The molecule has 30 heavy (non-hydrogen) atoms. The van der Waals surface area contributed by atoms with Crippen LogP contribution in [0.4, 0.5) is 10.5 Å². The highest BCUT2D eigenvalue weighted by molar-refractivity contribution is 7.92. The average Bonchev–Trinajstić information content (AvgIpc) is 3.37. The number of carbonyl (C=O) groups excluding carboxylic acids is 2. The van der Waals surface area contributed by atoms with E-state index in [-0.39, 0.29) is 36.2 Å². The molecule has 2 aliphatic rings. The van der Waals surface area contributed by atoms with Gasteiger partial charge in [0.2, 0.25) is 5.91 Å². The number of nitrogens with one attached hydrogen (secondary N) is 3. The van der Waals surface area contributed by atoms with Crippen molar-refractivity contribution in [1.29, 1.82) is 0 Å². The normalized spacial score (nSPS) is 24.2. The molecule has 11 nitrogen and oxygen atoms in total. The Balaban J connectivity index is 1.29. The Morgan fingerprint density at radius 1 is 1.30 bits per heavy atom. The van der Waals surface area contributed by atoms with Crippen LogP contribution in [-0.4, -0.2) is 63.6 Å². The number of aromatic nitrogens is 4. The fourth-order valence-corrected chi connectivity index (χ4v) is 6.40. The first kappa shape index (κ1) is 20.3. The fourth-order valence-electron chi connectivity index (χ4n) is 4.13. The molecule has 1 aromatic carbocycles. The van der Waals surface area contributed by atoms with E-state index in [1.165, 1.54) is 11.0 Å². The van der Waals surface area contributed by atoms with E-state index in [2.05, 4.69) is 31.5 Å². The number of tetrazole rings is 1. The van der Waals surface area contributed by atoms with E-state index in [4.69, 9.17) is 0 Å². The number of sulfone groups is 1. The molecule has 2 fully saturated rings. The van der Waals surface area contributed by atoms with E-state index in [1.54, 1.807) is 0 Å². The summed E-state index contributed by atoms with van der Waals surface area (Å²) in [4.78, 5) is 23.8. The first-order valence-electron chi connectivity index (χ1n) is 9.76. The van der Waals surface area contributed by atoms with Crippen molar-refractivity contribution in [1.82, 2.24) is 30.8 Å². The van der Waals surface area contributed by atoms with Crippen LogP contribution in [0.5, 0.6) is 0 Å². The van der Waals surface area contributed by atoms with Crippen molar-refractivity contribution in [3.8, 4) is 5.69 Å². The summed E-state index contributed by atoms with van der Waals surface area (Å²) in [5.74, 6) is -0.173. The SMILES string of the molecule is Cc1c(NC(=O)CCCC[C@@H]2[C@@H]3NC(=O)N[C@@H]3CS2(=O)=O)cccc1-n1cnnn1. The summed E-state index contributed by atoms with van der Waals surface area (Å²) in [6.07, 6.45) is 3.33. The molecule has 0 unspecified atom stereocenters. The molecule has 2 aliphatic heterocycles. The predicted molar refractivity (Wildman–Crippen MR) is 108 cm³/mol. The van der Waals surface area contributed by atoms with Crippen LogP contribution < -0.4 is 16.0 Å². The Kier molecular flexibility index (Phi) is 5.41. The van der Waals surface area contributed by atoms with Crippen LogP contribution in [-0.2, 0) is 14.6 Å². The number of fused-ring (bicyclic) bond motifs is 1. The largest absolute Gasteiger partial charge is 0.332 e. The molecule has 4 rings (SSSR count). The van der Waals surface area contributed by atoms with Crippen molar-refractivity contribution in [2.24, 2.45) is 0 Å². The van der Waals surface area contributed by atoms with Gasteiger partial charge >= 0.3 is 6.03 Å². The van der Waals surface area contributed by atoms with Crippen molar-refractivity contribution in [3.05, 3.63) is 30.1 Å². The summed E-state index contributed by atoms with van der Waals surface area (Å²) in [6, 6.07) is 4.42. The average molecular weight is 433 g/mol. The lowest BCUT2D eigenvalue weighted by Crippen LogP contribution is -2.39. The Bertz CT molecular complexity index is 1050. The molecule has 1 aromatic heterocycles. The van der Waals surface area contributed by atoms with Crippen LogP contribution in [0.1, 0.15) is 31.2 Å². The standard InChI is InChI=1S/C18H23N7O4S/c1-11-12(5-4-6-14(11)25-10-19-23-24-25)20-16(26)8-3-2-7-15-17-13(9-30(15,28)29)21-18(27)22-17/h4-6,10,13,15,17H,2-3,7-9H2,1H3,(H,20,26)(H2,21,22,27)/t13-,15-,17-/m1/s1. The minimum Gasteiger partial charge on any atom is -0.332 e. The Morgan fingerprint density at radius 2 is 2.13 bits per heavy atom. The topological polar surface area (TPSA) is 148 Å². The van der Waals surface area contributed by atoms with Gasteiger partial charge in [-0.2, -0.15) is 0 Å². The second kappa shape index (κ2) is 8.01. The van der Waals surface area contributed by atoms with Crippen molar-refractivity contribution in [3.63, 3.8) is 0 Å². The second-order valence-corrected chi connectivity index (χ2v) is 9.88. The first-order chi connectivity index (χ1) is 14.3. The molecule has 3 heterocycles. The van der Waals surface area contributed by atoms with E-state index < -0.39 is 15.1 Å². The summed E-state index contributed by atoms with van der Waals surface area (Å²) >= 11 is 0. The third kappa shape index (κ3) is 3.99. The van der Waals surface area contributed by atoms with Gasteiger partial charge in [-0.15, -0.1) is 5.10 Å². The molecule has 3 atom stereocenters. The first-order valence-corrected chi connectivity index (χ1v) is 11.5. The number of amides is 3. The van der Waals surface area contributed by atoms with Crippen LogP contribution in [0, 0.1) is 6.92 Å². The minimum absolute atomic E-state index is 0.0293. The fraction of sp³-hybridized carbons (Fsp3) is 0.500. The number of hydrogen-bond donors (Lipinski definition) is 3. The van der Waals surface area contributed by atoms with Crippen molar-refractivity contribution >= 4 is 27.5 Å². The van der Waals surface area contributed by atoms with Crippen molar-refractivity contribution in [2.45, 2.75) is 49.9 Å². The number of rotatable bonds is 7. The van der Waals surface area contributed by atoms with Crippen LogP contribution >= 0.6 is 0 Å². The third-order valence-electron chi connectivity index (χ3n) is 5.64. The molecule has 160 valence electrons. The molecular formula is C18H23N7O4S. The summed E-state index contributed by atoms with van der Waals surface area (Å²) < 4.78 is 26.2. The van der Waals surface area contributed by atoms with Gasteiger partial charge in [-0.25, -0.2) is 17.9 Å². The van der Waals surface area contributed by atoms with Gasteiger partial charge in [0, 0.05) is 12.1 Å². The smallest absolute Gasteiger partial charge is 0.315 e. The van der Waals surface area contributed by atoms with E-state index in [0.29, 0.717) is 24.9 Å². The van der Waals surface area contributed by atoms with Gasteiger partial charge in [0.25, 0.3) is 0 Å². The molecule has 12 heteroatoms. The number of unbranched alkanes of at least 4 members (excludes halogenated alkanes) is 1. The quantitative estimate of drug-likeness (QED) is 0.420. The van der Waals surface area contributed by atoms with Crippen molar-refractivity contribution in [2.75, 3.05) is 11.1 Å². The lowest BCUT2D eigenvalue weighted by Gasteiger charge is -2.16. The monoisotopic (exact) mass is 433 g/mol. The highest BCUT2D eigenvalue weighted by atomic mass is 32.2. The number of carbonyl (C=O) groups is 2. The Hall–Kier alpha value is -3.02.